The van der Waals surface area contributed by atoms with Gasteiger partial charge in [-0.2, -0.15) is 0 Å². The van der Waals surface area contributed by atoms with Gasteiger partial charge in [0.25, 0.3) is 0 Å². The summed E-state index contributed by atoms with van der Waals surface area (Å²) in [4.78, 5) is 0. The Kier molecular flexibility index (Phi) is 9.86. The minimum absolute atomic E-state index is 0.0754. The van der Waals surface area contributed by atoms with E-state index in [0.29, 0.717) is 0 Å². The van der Waals surface area contributed by atoms with Crippen LogP contribution in [0.5, 0.6) is 0 Å². The van der Waals surface area contributed by atoms with Crippen molar-refractivity contribution in [2.24, 2.45) is 0 Å². The molecule has 17 rings (SSSR count). The number of aromatic nitrogens is 1. The summed E-state index contributed by atoms with van der Waals surface area (Å²) >= 11 is 0.144. The van der Waals surface area contributed by atoms with Gasteiger partial charge < -0.3 is 0 Å². The smallest absolute Gasteiger partial charge is 0.0544 e. The average Bonchev–Trinajstić information content (AvgIpc) is 4.30. The Hall–Kier alpha value is -9.56. The molecule has 0 N–H and O–H groups in total. The molecule has 1 atom stereocenters. The van der Waals surface area contributed by atoms with Gasteiger partial charge in [-0.3, -0.25) is 0 Å². The molecule has 2 heteroatoms. The summed E-state index contributed by atoms with van der Waals surface area (Å²) in [6, 6.07) is 105. The maximum absolute atomic E-state index is 2.54. The molecular formula is C77H47NSe. The van der Waals surface area contributed by atoms with Crippen LogP contribution in [0.3, 0.4) is 0 Å². The molecule has 14 aromatic carbocycles. The number of para-hydroxylation sites is 1. The van der Waals surface area contributed by atoms with E-state index in [0.717, 1.165) is 0 Å². The van der Waals surface area contributed by atoms with Gasteiger partial charge in [-0.15, -0.1) is 0 Å². The van der Waals surface area contributed by atoms with Crippen LogP contribution < -0.4 is 0 Å². The molecule has 366 valence electrons. The van der Waals surface area contributed by atoms with Gasteiger partial charge in [-0.05, 0) is 16.7 Å². The van der Waals surface area contributed by atoms with Crippen LogP contribution >= 0.6 is 0 Å². The molecule has 2 aromatic heterocycles. The Bertz CT molecular complexity index is 5080. The average molecular weight is 1070 g/mol. The maximum Gasteiger partial charge on any atom is -0.0544 e. The summed E-state index contributed by atoms with van der Waals surface area (Å²) in [5.41, 5.74) is 20.5. The third-order valence-corrected chi connectivity index (χ3v) is 19.6. The SMILES string of the molecule is c1ccc(-c2ccc3c(c2)-c2ccccc2C3c2c3ccccc3c(-c3cccc4[se]c5ccc(-c6c7ccccc7c(-n7c8ccccc8c8cc(-c9ccccc9)ccc87)c7ccccc67)cc5c34)c3ccccc23)cc1. The Balaban J connectivity index is 0.881. The standard InChI is InChI=1S/C77H47NSe/c1-3-20-47(21-4-1)49-38-41-61-65(44-49)52-24-7-8-26-54(52)75(61)76-57-29-11-9-27-55(57)73(56-28-10-12-30-58(56)76)64-35-19-37-71-74(64)67-46-51(40-43-70(67)79-71)72-59-31-13-15-33-62(59)77(63-34-16-14-32-60(63)72)78-68-36-18-17-25-53(68)66-45-50(39-42-69(66)78)48-22-5-2-6-23-48/h1-46,75H. The van der Waals surface area contributed by atoms with Crippen LogP contribution in [0.25, 0.3) is 146 Å². The van der Waals surface area contributed by atoms with Crippen LogP contribution in [-0.4, -0.2) is 19.1 Å². The number of hydrogen-bond donors (Lipinski definition) is 0. The Labute approximate surface area is 463 Å². The van der Waals surface area contributed by atoms with Gasteiger partial charge in [0.05, 0.1) is 0 Å². The van der Waals surface area contributed by atoms with Gasteiger partial charge in [0.2, 0.25) is 0 Å². The molecule has 1 nitrogen and oxygen atoms in total. The number of rotatable bonds is 6. The molecule has 0 amide bonds. The topological polar surface area (TPSA) is 4.93 Å². The van der Waals surface area contributed by atoms with E-state index in [-0.39, 0.29) is 20.4 Å². The number of nitrogens with zero attached hydrogens (tertiary/aromatic N) is 1. The van der Waals surface area contributed by atoms with Crippen LogP contribution in [0.1, 0.15) is 22.6 Å². The first kappa shape index (κ1) is 44.6. The molecule has 1 unspecified atom stereocenters. The first-order chi connectivity index (χ1) is 39.2. The van der Waals surface area contributed by atoms with E-state index in [2.05, 4.69) is 284 Å². The van der Waals surface area contributed by atoms with Gasteiger partial charge in [0.15, 0.2) is 0 Å². The summed E-state index contributed by atoms with van der Waals surface area (Å²) in [5.74, 6) is 0.0754. The minimum Gasteiger partial charge on any atom is -0.0617 e. The summed E-state index contributed by atoms with van der Waals surface area (Å²) < 4.78 is 5.41. The number of fused-ring (bicyclic) bond motifs is 13. The van der Waals surface area contributed by atoms with Crippen molar-refractivity contribution < 1.29 is 0 Å². The predicted molar refractivity (Wildman–Crippen MR) is 337 cm³/mol. The van der Waals surface area contributed by atoms with Crippen molar-refractivity contribution >= 4 is 98.7 Å². The molecular weight excluding hydrogens is 1020 g/mol. The van der Waals surface area contributed by atoms with Crippen molar-refractivity contribution in [3.63, 3.8) is 0 Å². The first-order valence-corrected chi connectivity index (χ1v) is 29.2. The fraction of sp³-hybridized carbons (Fsp3) is 0.0130. The van der Waals surface area contributed by atoms with Gasteiger partial charge >= 0.3 is 383 Å². The van der Waals surface area contributed by atoms with E-state index in [1.54, 1.807) is 0 Å². The van der Waals surface area contributed by atoms with E-state index in [4.69, 9.17) is 0 Å². The fourth-order valence-electron chi connectivity index (χ4n) is 14.0. The van der Waals surface area contributed by atoms with E-state index in [9.17, 15) is 0 Å². The molecule has 0 fully saturated rings. The van der Waals surface area contributed by atoms with E-state index < -0.39 is 0 Å². The second-order valence-electron chi connectivity index (χ2n) is 21.3. The molecule has 2 heterocycles. The van der Waals surface area contributed by atoms with Crippen molar-refractivity contribution in [1.29, 1.82) is 0 Å². The van der Waals surface area contributed by atoms with Crippen molar-refractivity contribution in [3.05, 3.63) is 296 Å². The molecule has 16 aromatic rings. The van der Waals surface area contributed by atoms with Crippen molar-refractivity contribution in [2.45, 2.75) is 5.92 Å². The summed E-state index contributed by atoms with van der Waals surface area (Å²) in [6.07, 6.45) is 0. The minimum atomic E-state index is 0.0754. The third-order valence-electron chi connectivity index (χ3n) is 17.3. The second kappa shape index (κ2) is 17.5. The predicted octanol–water partition coefficient (Wildman–Crippen LogP) is 20.6. The van der Waals surface area contributed by atoms with Crippen molar-refractivity contribution in [1.82, 2.24) is 4.57 Å². The van der Waals surface area contributed by atoms with Crippen LogP contribution in [0.15, 0.2) is 279 Å². The van der Waals surface area contributed by atoms with Crippen LogP contribution in [0.4, 0.5) is 0 Å². The normalized spacial score (nSPS) is 13.2. The number of hydrogen-bond acceptors (Lipinski definition) is 0. The maximum atomic E-state index is 2.54. The van der Waals surface area contributed by atoms with Crippen LogP contribution in [0.2, 0.25) is 0 Å². The molecule has 1 aliphatic carbocycles. The van der Waals surface area contributed by atoms with Crippen molar-refractivity contribution in [3.8, 4) is 61.3 Å². The largest absolute Gasteiger partial charge is 0.0617 e. The molecule has 0 saturated carbocycles. The zero-order valence-corrected chi connectivity index (χ0v) is 44.7. The second-order valence-corrected chi connectivity index (χ2v) is 23.6. The third kappa shape index (κ3) is 6.63. The summed E-state index contributed by atoms with van der Waals surface area (Å²) in [5, 5.41) is 15.4. The summed E-state index contributed by atoms with van der Waals surface area (Å²) in [6.45, 7) is 0. The fourth-order valence-corrected chi connectivity index (χ4v) is 16.3. The Morgan fingerprint density at radius 2 is 0.759 bits per heavy atom. The summed E-state index contributed by atoms with van der Waals surface area (Å²) in [7, 11) is 0. The quantitative estimate of drug-likeness (QED) is 0.116. The Morgan fingerprint density at radius 1 is 0.266 bits per heavy atom. The Morgan fingerprint density at radius 3 is 1.44 bits per heavy atom. The zero-order valence-electron chi connectivity index (χ0n) is 43.0. The van der Waals surface area contributed by atoms with Gasteiger partial charge in [0.1, 0.15) is 0 Å². The molecule has 0 aliphatic heterocycles. The van der Waals surface area contributed by atoms with E-state index in [1.807, 2.05) is 0 Å². The van der Waals surface area contributed by atoms with E-state index >= 15 is 0 Å². The number of benzene rings is 14. The van der Waals surface area contributed by atoms with Gasteiger partial charge in [-0.25, -0.2) is 0 Å². The van der Waals surface area contributed by atoms with Crippen molar-refractivity contribution in [2.75, 3.05) is 0 Å². The van der Waals surface area contributed by atoms with Gasteiger partial charge in [0, 0.05) is 0 Å². The van der Waals surface area contributed by atoms with Gasteiger partial charge in [-0.1, -0.05) is 66.7 Å². The molecule has 79 heavy (non-hydrogen) atoms. The molecule has 0 bridgehead atoms. The van der Waals surface area contributed by atoms with Crippen LogP contribution in [0, 0.1) is 0 Å². The van der Waals surface area contributed by atoms with Crippen LogP contribution in [-0.2, 0) is 0 Å². The van der Waals surface area contributed by atoms with E-state index in [1.165, 1.54) is 162 Å². The molecule has 0 spiro atoms. The molecule has 0 radical (unpaired) electrons. The zero-order chi connectivity index (χ0) is 51.7. The molecule has 0 saturated heterocycles. The monoisotopic (exact) mass is 1070 g/mol. The first-order valence-electron chi connectivity index (χ1n) is 27.4. The molecule has 1 aliphatic rings.